The van der Waals surface area contributed by atoms with Crippen LogP contribution in [0.15, 0.2) is 36.4 Å². The smallest absolute Gasteiger partial charge is 0.309 e. The Morgan fingerprint density at radius 2 is 1.74 bits per heavy atom. The largest absolute Gasteiger partial charge is 0.454 e. The van der Waals surface area contributed by atoms with Gasteiger partial charge in [0.15, 0.2) is 11.5 Å². The highest BCUT2D eigenvalue weighted by atomic mass is 16.7. The van der Waals surface area contributed by atoms with Gasteiger partial charge in [-0.15, -0.1) is 0 Å². The number of likely N-dealkylation sites (N-methyl/N-ethyl adjacent to an activating group) is 1. The number of hydrogen-bond donors (Lipinski definition) is 2. The summed E-state index contributed by atoms with van der Waals surface area (Å²) in [7, 11) is 2.12. The first kappa shape index (κ1) is 22.5. The van der Waals surface area contributed by atoms with Gasteiger partial charge in [0.2, 0.25) is 6.79 Å². The van der Waals surface area contributed by atoms with Crippen LogP contribution in [0.4, 0.5) is 5.69 Å². The minimum atomic E-state index is -0.634. The van der Waals surface area contributed by atoms with E-state index in [1.165, 1.54) is 23.2 Å². The Kier molecular flexibility index (Phi) is 6.58. The zero-order valence-electron chi connectivity index (χ0n) is 19.6. The van der Waals surface area contributed by atoms with Crippen molar-refractivity contribution in [3.8, 4) is 11.5 Å². The summed E-state index contributed by atoms with van der Waals surface area (Å²) in [6.07, 6.45) is 4.61. The van der Waals surface area contributed by atoms with Gasteiger partial charge < -0.3 is 25.0 Å². The van der Waals surface area contributed by atoms with Crippen LogP contribution in [0.3, 0.4) is 0 Å². The summed E-state index contributed by atoms with van der Waals surface area (Å²) in [6.45, 7) is 3.91. The monoisotopic (exact) mass is 464 g/mol. The molecular formula is C26H32N4O4. The second kappa shape index (κ2) is 9.93. The highest BCUT2D eigenvalue weighted by molar-refractivity contribution is 6.35. The fourth-order valence-electron chi connectivity index (χ4n) is 5.06. The fourth-order valence-corrected chi connectivity index (χ4v) is 5.06. The van der Waals surface area contributed by atoms with Crippen molar-refractivity contribution in [1.82, 2.24) is 15.5 Å². The first-order valence-corrected chi connectivity index (χ1v) is 12.1. The molecule has 0 saturated carbocycles. The molecule has 3 aliphatic heterocycles. The summed E-state index contributed by atoms with van der Waals surface area (Å²) in [6, 6.07) is 12.2. The number of piperidine rings is 1. The van der Waals surface area contributed by atoms with Gasteiger partial charge in [0.25, 0.3) is 0 Å². The number of benzene rings is 2. The third-order valence-corrected chi connectivity index (χ3v) is 7.00. The Labute approximate surface area is 200 Å². The van der Waals surface area contributed by atoms with Gasteiger partial charge in [0.05, 0.1) is 6.04 Å². The van der Waals surface area contributed by atoms with Gasteiger partial charge >= 0.3 is 11.8 Å². The third-order valence-electron chi connectivity index (χ3n) is 7.00. The van der Waals surface area contributed by atoms with Gasteiger partial charge in [-0.3, -0.25) is 14.5 Å². The molecule has 2 N–H and O–H groups in total. The normalized spacial score (nSPS) is 17.9. The van der Waals surface area contributed by atoms with E-state index in [0.29, 0.717) is 18.0 Å². The lowest BCUT2D eigenvalue weighted by Gasteiger charge is -2.35. The second-order valence-corrected chi connectivity index (χ2v) is 9.25. The van der Waals surface area contributed by atoms with E-state index in [9.17, 15) is 9.59 Å². The molecular weight excluding hydrogens is 432 g/mol. The van der Waals surface area contributed by atoms with Crippen LogP contribution in [-0.2, 0) is 22.6 Å². The molecule has 1 saturated heterocycles. The molecule has 0 radical (unpaired) electrons. The van der Waals surface area contributed by atoms with Gasteiger partial charge in [-0.1, -0.05) is 24.6 Å². The number of fused-ring (bicyclic) bond motifs is 2. The molecule has 0 spiro atoms. The molecule has 3 aliphatic rings. The number of carbonyl (C=O) groups is 2. The molecule has 2 amide bonds. The Bertz CT molecular complexity index is 1070. The molecule has 8 nitrogen and oxygen atoms in total. The summed E-state index contributed by atoms with van der Waals surface area (Å²) in [5.41, 5.74) is 4.69. The number of hydrogen-bond acceptors (Lipinski definition) is 6. The van der Waals surface area contributed by atoms with Gasteiger partial charge in [-0.2, -0.15) is 0 Å². The number of rotatable bonds is 6. The predicted molar refractivity (Wildman–Crippen MR) is 129 cm³/mol. The molecule has 1 atom stereocenters. The van der Waals surface area contributed by atoms with Crippen LogP contribution in [0, 0.1) is 0 Å². The molecule has 8 heteroatoms. The molecule has 0 aliphatic carbocycles. The van der Waals surface area contributed by atoms with Crippen LogP contribution in [0.25, 0.3) is 0 Å². The maximum atomic E-state index is 12.6. The van der Waals surface area contributed by atoms with Crippen molar-refractivity contribution in [2.75, 3.05) is 44.9 Å². The van der Waals surface area contributed by atoms with Crippen molar-refractivity contribution in [3.05, 3.63) is 53.1 Å². The van der Waals surface area contributed by atoms with Crippen molar-refractivity contribution in [3.63, 3.8) is 0 Å². The van der Waals surface area contributed by atoms with Crippen LogP contribution < -0.4 is 25.0 Å². The number of carbonyl (C=O) groups excluding carboxylic acids is 2. The molecule has 180 valence electrons. The van der Waals surface area contributed by atoms with Crippen molar-refractivity contribution in [2.24, 2.45) is 0 Å². The lowest BCUT2D eigenvalue weighted by Crippen LogP contribution is -2.45. The number of amides is 2. The van der Waals surface area contributed by atoms with E-state index >= 15 is 0 Å². The van der Waals surface area contributed by atoms with Crippen LogP contribution in [0.5, 0.6) is 11.5 Å². The fraction of sp³-hybridized carbons (Fsp3) is 0.462. The molecule has 0 bridgehead atoms. The number of nitrogens with zero attached hydrogens (tertiary/aromatic N) is 2. The minimum absolute atomic E-state index is 0.0575. The van der Waals surface area contributed by atoms with E-state index < -0.39 is 11.8 Å². The van der Waals surface area contributed by atoms with Gasteiger partial charge in [-0.05, 0) is 67.2 Å². The van der Waals surface area contributed by atoms with Crippen LogP contribution in [0.2, 0.25) is 0 Å². The van der Waals surface area contributed by atoms with E-state index in [1.54, 1.807) is 0 Å². The molecule has 2 aromatic rings. The third kappa shape index (κ3) is 4.82. The maximum absolute atomic E-state index is 12.6. The van der Waals surface area contributed by atoms with Gasteiger partial charge in [0, 0.05) is 32.4 Å². The van der Waals surface area contributed by atoms with Gasteiger partial charge in [0.1, 0.15) is 0 Å². The first-order valence-electron chi connectivity index (χ1n) is 12.1. The lowest BCUT2D eigenvalue weighted by molar-refractivity contribution is -0.139. The average Bonchev–Trinajstić information content (AvgIpc) is 3.49. The van der Waals surface area contributed by atoms with Crippen molar-refractivity contribution >= 4 is 17.5 Å². The Morgan fingerprint density at radius 1 is 0.941 bits per heavy atom. The Balaban J connectivity index is 1.21. The number of anilines is 1. The topological polar surface area (TPSA) is 83.1 Å². The quantitative estimate of drug-likeness (QED) is 0.639. The molecule has 5 rings (SSSR count). The predicted octanol–water partition coefficient (Wildman–Crippen LogP) is 2.37. The molecule has 34 heavy (non-hydrogen) atoms. The molecule has 3 heterocycles. The number of ether oxygens (including phenoxy) is 2. The van der Waals surface area contributed by atoms with E-state index in [1.807, 2.05) is 18.2 Å². The number of likely N-dealkylation sites (tertiary alicyclic amines) is 1. The summed E-state index contributed by atoms with van der Waals surface area (Å²) in [4.78, 5) is 29.8. The highest BCUT2D eigenvalue weighted by Crippen LogP contribution is 2.33. The SMILES string of the molecule is CN1CCc2cc([C@H](CNC(=O)C(=O)NCc3ccc4c(c3)OCO4)N3CCCCC3)ccc21. The van der Waals surface area contributed by atoms with Crippen molar-refractivity contribution < 1.29 is 19.1 Å². The van der Waals surface area contributed by atoms with Gasteiger partial charge in [-0.25, -0.2) is 0 Å². The Morgan fingerprint density at radius 3 is 2.59 bits per heavy atom. The summed E-state index contributed by atoms with van der Waals surface area (Å²) < 4.78 is 10.7. The number of nitrogens with one attached hydrogen (secondary N) is 2. The Hall–Kier alpha value is -3.26. The highest BCUT2D eigenvalue weighted by Gasteiger charge is 2.26. The van der Waals surface area contributed by atoms with E-state index in [2.05, 4.69) is 45.7 Å². The average molecular weight is 465 g/mol. The van der Waals surface area contributed by atoms with E-state index in [-0.39, 0.29) is 19.4 Å². The molecule has 2 aromatic carbocycles. The standard InChI is InChI=1S/C26H32N4O4/c1-29-12-9-20-14-19(6-7-21(20)29)22(30-10-3-2-4-11-30)16-28-26(32)25(31)27-15-18-5-8-23-24(13-18)34-17-33-23/h5-8,13-14,22H,2-4,9-12,15-17H2,1H3,(H,27,31)(H,28,32)/t22-/m0/s1. The van der Waals surface area contributed by atoms with E-state index in [4.69, 9.17) is 9.47 Å². The summed E-state index contributed by atoms with van der Waals surface area (Å²) in [5, 5.41) is 5.59. The lowest BCUT2D eigenvalue weighted by atomic mass is 9.98. The summed E-state index contributed by atoms with van der Waals surface area (Å²) >= 11 is 0. The molecule has 0 aromatic heterocycles. The second-order valence-electron chi connectivity index (χ2n) is 9.25. The van der Waals surface area contributed by atoms with Crippen molar-refractivity contribution in [1.29, 1.82) is 0 Å². The zero-order valence-corrected chi connectivity index (χ0v) is 19.6. The zero-order chi connectivity index (χ0) is 23.5. The van der Waals surface area contributed by atoms with Crippen LogP contribution in [-0.4, -0.2) is 56.7 Å². The van der Waals surface area contributed by atoms with Crippen LogP contribution in [0.1, 0.15) is 42.0 Å². The first-order chi connectivity index (χ1) is 16.6. The maximum Gasteiger partial charge on any atom is 0.309 e. The summed E-state index contributed by atoms with van der Waals surface area (Å²) in [5.74, 6) is 0.102. The van der Waals surface area contributed by atoms with E-state index in [0.717, 1.165) is 44.5 Å². The van der Waals surface area contributed by atoms with Crippen LogP contribution >= 0.6 is 0 Å². The van der Waals surface area contributed by atoms with Crippen molar-refractivity contribution in [2.45, 2.75) is 38.3 Å². The minimum Gasteiger partial charge on any atom is -0.454 e. The molecule has 0 unspecified atom stereocenters. The molecule has 1 fully saturated rings.